The molecule has 0 bridgehead atoms. The van der Waals surface area contributed by atoms with Gasteiger partial charge in [-0.1, -0.05) is 24.3 Å². The van der Waals surface area contributed by atoms with Crippen LogP contribution in [0.15, 0.2) is 36.4 Å². The van der Waals surface area contributed by atoms with E-state index in [1.165, 1.54) is 29.7 Å². The number of likely N-dealkylation sites (N-methyl/N-ethyl adjacent to an activating group) is 2. The molecule has 0 saturated carbocycles. The van der Waals surface area contributed by atoms with Crippen molar-refractivity contribution in [3.63, 3.8) is 0 Å². The minimum atomic E-state index is 0.0931. The van der Waals surface area contributed by atoms with E-state index in [2.05, 4.69) is 50.9 Å². The molecule has 2 saturated heterocycles. The van der Waals surface area contributed by atoms with Gasteiger partial charge >= 0.3 is 6.01 Å². The number of fused-ring (bicyclic) bond motifs is 2. The maximum absolute atomic E-state index is 12.8. The minimum Gasteiger partial charge on any atom is -0.462 e. The van der Waals surface area contributed by atoms with Gasteiger partial charge in [0.15, 0.2) is 0 Å². The normalized spacial score (nSPS) is 23.0. The summed E-state index contributed by atoms with van der Waals surface area (Å²) in [5.41, 5.74) is 5.27. The molecule has 4 heterocycles. The van der Waals surface area contributed by atoms with Gasteiger partial charge in [-0.25, -0.2) is 0 Å². The number of ether oxygens (including phenoxy) is 1. The lowest BCUT2D eigenvalue weighted by molar-refractivity contribution is -0.126. The summed E-state index contributed by atoms with van der Waals surface area (Å²) in [5, 5.41) is 0. The second-order valence-electron chi connectivity index (χ2n) is 12.6. The number of anilines is 2. The summed E-state index contributed by atoms with van der Waals surface area (Å²) in [4.78, 5) is 34.3. The Hall–Kier alpha value is -3.17. The summed E-state index contributed by atoms with van der Waals surface area (Å²) in [6.45, 7) is 6.54. The summed E-state index contributed by atoms with van der Waals surface area (Å²) in [6, 6.07) is 10.3. The molecule has 2 unspecified atom stereocenters. The first kappa shape index (κ1) is 28.9. The third kappa shape index (κ3) is 6.42. The van der Waals surface area contributed by atoms with E-state index in [4.69, 9.17) is 14.7 Å². The quantitative estimate of drug-likeness (QED) is 0.447. The molecule has 2 aromatic rings. The Morgan fingerprint density at radius 3 is 2.64 bits per heavy atom. The molecule has 9 nitrogen and oxygen atoms in total. The van der Waals surface area contributed by atoms with Crippen molar-refractivity contribution in [2.45, 2.75) is 57.0 Å². The molecule has 42 heavy (non-hydrogen) atoms. The van der Waals surface area contributed by atoms with E-state index < -0.39 is 0 Å². The van der Waals surface area contributed by atoms with Crippen LogP contribution in [-0.4, -0.2) is 116 Å². The Morgan fingerprint density at radius 2 is 1.86 bits per heavy atom. The van der Waals surface area contributed by atoms with Crippen molar-refractivity contribution in [3.8, 4) is 6.01 Å². The molecule has 9 heteroatoms. The van der Waals surface area contributed by atoms with E-state index in [9.17, 15) is 4.79 Å². The number of hydrogen-bond acceptors (Lipinski definition) is 8. The molecule has 2 atom stereocenters. The first-order valence-electron chi connectivity index (χ1n) is 15.9. The number of likely N-dealkylation sites (tertiary alicyclic amines) is 1. The first-order valence-corrected chi connectivity index (χ1v) is 15.9. The molecule has 0 N–H and O–H groups in total. The van der Waals surface area contributed by atoms with Crippen molar-refractivity contribution in [2.75, 3.05) is 83.4 Å². The Labute approximate surface area is 251 Å². The molecule has 0 spiro atoms. The monoisotopic (exact) mass is 573 g/mol. The molecule has 2 fully saturated rings. The Balaban J connectivity index is 1.21. The summed E-state index contributed by atoms with van der Waals surface area (Å²) >= 11 is 0. The van der Waals surface area contributed by atoms with Gasteiger partial charge in [0.1, 0.15) is 12.4 Å². The highest BCUT2D eigenvalue weighted by Gasteiger charge is 2.33. The molecule has 1 aliphatic carbocycles. The lowest BCUT2D eigenvalue weighted by atomic mass is 9.88. The molecule has 3 aliphatic heterocycles. The number of hydrogen-bond donors (Lipinski definition) is 0. The van der Waals surface area contributed by atoms with Gasteiger partial charge in [0.2, 0.25) is 5.91 Å². The third-order valence-electron chi connectivity index (χ3n) is 9.49. The summed E-state index contributed by atoms with van der Waals surface area (Å²) in [5.74, 6) is 1.11. The van der Waals surface area contributed by atoms with Crippen LogP contribution in [0.3, 0.4) is 0 Å². The zero-order valence-corrected chi connectivity index (χ0v) is 25.7. The van der Waals surface area contributed by atoms with Crippen LogP contribution in [0.4, 0.5) is 11.5 Å². The number of para-hydroxylation sites is 1. The van der Waals surface area contributed by atoms with Crippen molar-refractivity contribution in [1.29, 1.82) is 0 Å². The second-order valence-corrected chi connectivity index (χ2v) is 12.6. The number of carbonyl (C=O) groups is 1. The van der Waals surface area contributed by atoms with Crippen molar-refractivity contribution in [1.82, 2.24) is 24.7 Å². The van der Waals surface area contributed by atoms with Crippen LogP contribution < -0.4 is 14.5 Å². The third-order valence-corrected chi connectivity index (χ3v) is 9.49. The lowest BCUT2D eigenvalue weighted by Gasteiger charge is -2.41. The number of nitrogens with zero attached hydrogens (tertiary/aromatic N) is 7. The zero-order chi connectivity index (χ0) is 29.1. The fraction of sp³-hybridized carbons (Fsp3) is 0.606. The summed E-state index contributed by atoms with van der Waals surface area (Å²) < 4.78 is 6.34. The number of rotatable bonds is 8. The fourth-order valence-electron chi connectivity index (χ4n) is 7.06. The van der Waals surface area contributed by atoms with Crippen LogP contribution in [0.25, 0.3) is 0 Å². The van der Waals surface area contributed by atoms with Gasteiger partial charge in [-0.3, -0.25) is 4.79 Å². The molecule has 4 aliphatic rings. The molecule has 6 rings (SSSR count). The number of carbonyl (C=O) groups excluding carboxylic acids is 1. The summed E-state index contributed by atoms with van der Waals surface area (Å²) in [7, 11) is 6.19. The van der Waals surface area contributed by atoms with Crippen molar-refractivity contribution < 1.29 is 9.53 Å². The van der Waals surface area contributed by atoms with E-state index >= 15 is 0 Å². The van der Waals surface area contributed by atoms with Crippen molar-refractivity contribution in [2.24, 2.45) is 0 Å². The molecule has 1 aromatic carbocycles. The van der Waals surface area contributed by atoms with E-state index in [0.29, 0.717) is 37.8 Å². The molecular formula is C33H47N7O2. The zero-order valence-electron chi connectivity index (χ0n) is 25.7. The number of piperazine rings is 1. The highest BCUT2D eigenvalue weighted by Crippen LogP contribution is 2.36. The van der Waals surface area contributed by atoms with Crippen LogP contribution >= 0.6 is 0 Å². The standard InChI is InChI=1S/C33H47N7O2/c1-36(2)16-8-13-31(41)38-19-21-39(22-20-38)32-28-15-14-26(40-18-6-10-25-9-4-5-12-30(25)40)23-29(28)34-33(35-32)42-24-27-11-7-17-37(27)3/h4-5,8-9,12-13,26-27H,6-7,10-11,14-24H2,1-3H3. The summed E-state index contributed by atoms with van der Waals surface area (Å²) in [6.07, 6.45) is 11.4. The van der Waals surface area contributed by atoms with Crippen LogP contribution in [0.1, 0.15) is 42.5 Å². The smallest absolute Gasteiger partial charge is 0.318 e. The second kappa shape index (κ2) is 13.0. The van der Waals surface area contributed by atoms with E-state index in [0.717, 1.165) is 76.3 Å². The molecule has 226 valence electrons. The topological polar surface area (TPSA) is 68.3 Å². The lowest BCUT2D eigenvalue weighted by Crippen LogP contribution is -2.49. The average Bonchev–Trinajstić information content (AvgIpc) is 3.43. The van der Waals surface area contributed by atoms with Crippen LogP contribution in [-0.2, 0) is 24.1 Å². The Bertz CT molecular complexity index is 1270. The van der Waals surface area contributed by atoms with Crippen molar-refractivity contribution in [3.05, 3.63) is 53.2 Å². The highest BCUT2D eigenvalue weighted by molar-refractivity contribution is 5.87. The maximum Gasteiger partial charge on any atom is 0.318 e. The first-order chi connectivity index (χ1) is 20.5. The Morgan fingerprint density at radius 1 is 1.02 bits per heavy atom. The minimum absolute atomic E-state index is 0.0931. The van der Waals surface area contributed by atoms with E-state index in [1.807, 2.05) is 25.1 Å². The van der Waals surface area contributed by atoms with Crippen LogP contribution in [0, 0.1) is 0 Å². The average molecular weight is 574 g/mol. The van der Waals surface area contributed by atoms with E-state index in [-0.39, 0.29) is 5.91 Å². The number of aryl methyl sites for hydroxylation is 1. The van der Waals surface area contributed by atoms with Gasteiger partial charge in [0.25, 0.3) is 0 Å². The Kier molecular flexibility index (Phi) is 8.95. The molecule has 1 aromatic heterocycles. The molecular weight excluding hydrogens is 526 g/mol. The number of amides is 1. The highest BCUT2D eigenvalue weighted by atomic mass is 16.5. The van der Waals surface area contributed by atoms with Gasteiger partial charge in [0, 0.05) is 75.1 Å². The van der Waals surface area contributed by atoms with E-state index in [1.54, 1.807) is 6.08 Å². The largest absolute Gasteiger partial charge is 0.462 e. The maximum atomic E-state index is 12.8. The number of benzene rings is 1. The number of aromatic nitrogens is 2. The van der Waals surface area contributed by atoms with Crippen LogP contribution in [0.2, 0.25) is 0 Å². The van der Waals surface area contributed by atoms with Crippen LogP contribution in [0.5, 0.6) is 6.01 Å². The van der Waals surface area contributed by atoms with Gasteiger partial charge < -0.3 is 29.2 Å². The molecule has 0 radical (unpaired) electrons. The molecule has 1 amide bonds. The SMILES string of the molecule is CN(C)CC=CC(=O)N1CCN(c2nc(OCC3CCCN3C)nc3c2CCC(N2CCCc4ccccc42)C3)CC1. The van der Waals surface area contributed by atoms with Gasteiger partial charge in [-0.05, 0) is 77.8 Å². The predicted octanol–water partition coefficient (Wildman–Crippen LogP) is 3.03. The van der Waals surface area contributed by atoms with Gasteiger partial charge in [-0.2, -0.15) is 9.97 Å². The van der Waals surface area contributed by atoms with Crippen molar-refractivity contribution >= 4 is 17.4 Å². The van der Waals surface area contributed by atoms with Gasteiger partial charge in [-0.15, -0.1) is 0 Å². The predicted molar refractivity (Wildman–Crippen MR) is 168 cm³/mol. The van der Waals surface area contributed by atoms with Gasteiger partial charge in [0.05, 0.1) is 5.69 Å². The fourth-order valence-corrected chi connectivity index (χ4v) is 7.06.